The van der Waals surface area contributed by atoms with Crippen LogP contribution in [0.4, 0.5) is 4.79 Å². The molecule has 1 aliphatic rings. The van der Waals surface area contributed by atoms with Crippen LogP contribution in [0.2, 0.25) is 0 Å². The lowest BCUT2D eigenvalue weighted by molar-refractivity contribution is 0.0504. The second kappa shape index (κ2) is 6.04. The number of likely N-dealkylation sites (tertiary alicyclic amines) is 1. The molecule has 0 radical (unpaired) electrons. The zero-order valence-electron chi connectivity index (χ0n) is 10.7. The third kappa shape index (κ3) is 3.24. The Morgan fingerprint density at radius 3 is 2.53 bits per heavy atom. The van der Waals surface area contributed by atoms with E-state index in [2.05, 4.69) is 0 Å². The van der Waals surface area contributed by atoms with Gasteiger partial charge in [-0.3, -0.25) is 0 Å². The van der Waals surface area contributed by atoms with Gasteiger partial charge in [-0.05, 0) is 24.0 Å². The summed E-state index contributed by atoms with van der Waals surface area (Å²) in [5, 5.41) is 27.8. The fraction of sp³-hybridized carbons (Fsp3) is 0.500. The summed E-state index contributed by atoms with van der Waals surface area (Å²) in [4.78, 5) is 12.1. The molecule has 0 aliphatic carbocycles. The molecule has 0 spiro atoms. The van der Waals surface area contributed by atoms with E-state index in [-0.39, 0.29) is 19.1 Å². The van der Waals surface area contributed by atoms with Crippen LogP contribution in [0.25, 0.3) is 0 Å². The Balaban J connectivity index is 2.04. The van der Waals surface area contributed by atoms with Crippen LogP contribution >= 0.6 is 0 Å². The molecule has 0 aromatic heterocycles. The zero-order chi connectivity index (χ0) is 13.8. The minimum atomic E-state index is -0.976. The van der Waals surface area contributed by atoms with Gasteiger partial charge in [0.15, 0.2) is 0 Å². The predicted octanol–water partition coefficient (Wildman–Crippen LogP) is 1.05. The van der Waals surface area contributed by atoms with Crippen molar-refractivity contribution in [2.24, 2.45) is 0 Å². The summed E-state index contributed by atoms with van der Waals surface area (Å²) in [5.74, 6) is -0.0150. The third-order valence-electron chi connectivity index (χ3n) is 3.66. The highest BCUT2D eigenvalue weighted by molar-refractivity contribution is 5.65. The van der Waals surface area contributed by atoms with Gasteiger partial charge in [-0.1, -0.05) is 24.3 Å². The Labute approximate surface area is 112 Å². The minimum Gasteiger partial charge on any atom is -0.465 e. The standard InChI is InChI=1S/C14H19NO4/c16-8-6-10-1-3-11(4-2-10)12-5-7-15(14(18)19)9-13(12)17/h1-4,12-13,16-17H,5-9H2,(H,18,19). The number of carboxylic acid groups (broad SMARTS) is 1. The van der Waals surface area contributed by atoms with Crippen molar-refractivity contribution in [3.05, 3.63) is 35.4 Å². The Kier molecular flexibility index (Phi) is 4.39. The Hall–Kier alpha value is -1.59. The second-order valence-corrected chi connectivity index (χ2v) is 4.91. The van der Waals surface area contributed by atoms with Crippen molar-refractivity contribution < 1.29 is 20.1 Å². The van der Waals surface area contributed by atoms with E-state index in [4.69, 9.17) is 10.2 Å². The van der Waals surface area contributed by atoms with E-state index in [1.807, 2.05) is 24.3 Å². The summed E-state index contributed by atoms with van der Waals surface area (Å²) in [5.41, 5.74) is 2.09. The lowest BCUT2D eigenvalue weighted by atomic mass is 9.86. The van der Waals surface area contributed by atoms with Crippen molar-refractivity contribution in [1.29, 1.82) is 0 Å². The van der Waals surface area contributed by atoms with Crippen LogP contribution in [0.15, 0.2) is 24.3 Å². The molecule has 1 amide bonds. The van der Waals surface area contributed by atoms with Crippen LogP contribution in [0.3, 0.4) is 0 Å². The normalized spacial score (nSPS) is 23.4. The average Bonchev–Trinajstić information content (AvgIpc) is 2.40. The van der Waals surface area contributed by atoms with Crippen molar-refractivity contribution in [3.63, 3.8) is 0 Å². The van der Waals surface area contributed by atoms with E-state index in [1.165, 1.54) is 4.90 Å². The summed E-state index contributed by atoms with van der Waals surface area (Å²) < 4.78 is 0. The number of rotatable bonds is 3. The second-order valence-electron chi connectivity index (χ2n) is 4.91. The van der Waals surface area contributed by atoms with Crippen molar-refractivity contribution >= 4 is 6.09 Å². The van der Waals surface area contributed by atoms with Gasteiger partial charge in [0.05, 0.1) is 12.6 Å². The molecule has 1 aromatic carbocycles. The van der Waals surface area contributed by atoms with Gasteiger partial charge in [0.2, 0.25) is 0 Å². The van der Waals surface area contributed by atoms with Gasteiger partial charge in [-0.2, -0.15) is 0 Å². The lowest BCUT2D eigenvalue weighted by Crippen LogP contribution is -2.45. The average molecular weight is 265 g/mol. The van der Waals surface area contributed by atoms with Gasteiger partial charge in [-0.15, -0.1) is 0 Å². The van der Waals surface area contributed by atoms with E-state index in [0.29, 0.717) is 19.4 Å². The van der Waals surface area contributed by atoms with Gasteiger partial charge < -0.3 is 20.2 Å². The highest BCUT2D eigenvalue weighted by Gasteiger charge is 2.30. The number of hydrogen-bond donors (Lipinski definition) is 3. The molecule has 2 atom stereocenters. The smallest absolute Gasteiger partial charge is 0.407 e. The molecular formula is C14H19NO4. The Morgan fingerprint density at radius 1 is 1.32 bits per heavy atom. The van der Waals surface area contributed by atoms with Gasteiger partial charge in [0.1, 0.15) is 0 Å². The summed E-state index contributed by atoms with van der Waals surface area (Å²) in [6.07, 6.45) is -0.378. The molecule has 2 rings (SSSR count). The van der Waals surface area contributed by atoms with E-state index in [1.54, 1.807) is 0 Å². The number of carbonyl (C=O) groups is 1. The molecule has 104 valence electrons. The van der Waals surface area contributed by atoms with E-state index >= 15 is 0 Å². The van der Waals surface area contributed by atoms with Gasteiger partial charge in [-0.25, -0.2) is 4.79 Å². The topological polar surface area (TPSA) is 81.0 Å². The van der Waals surface area contributed by atoms with Gasteiger partial charge in [0.25, 0.3) is 0 Å². The van der Waals surface area contributed by atoms with Gasteiger partial charge in [0, 0.05) is 19.1 Å². The Bertz CT molecular complexity index is 432. The number of hydrogen-bond acceptors (Lipinski definition) is 3. The fourth-order valence-electron chi connectivity index (χ4n) is 2.55. The number of aliphatic hydroxyl groups is 2. The van der Waals surface area contributed by atoms with Crippen LogP contribution in [0.5, 0.6) is 0 Å². The Morgan fingerprint density at radius 2 is 2.00 bits per heavy atom. The number of β-amino-alcohol motifs (C(OH)–C–C–N with tert-alkyl or cyclic N) is 1. The molecule has 1 aliphatic heterocycles. The molecule has 1 heterocycles. The number of benzene rings is 1. The maximum atomic E-state index is 10.9. The van der Waals surface area contributed by atoms with E-state index in [0.717, 1.165) is 11.1 Å². The fourth-order valence-corrected chi connectivity index (χ4v) is 2.55. The summed E-state index contributed by atoms with van der Waals surface area (Å²) >= 11 is 0. The van der Waals surface area contributed by atoms with Crippen LogP contribution in [0.1, 0.15) is 23.5 Å². The zero-order valence-corrected chi connectivity index (χ0v) is 10.7. The van der Waals surface area contributed by atoms with Crippen LogP contribution in [-0.4, -0.2) is 52.1 Å². The first kappa shape index (κ1) is 13.8. The van der Waals surface area contributed by atoms with Gasteiger partial charge >= 0.3 is 6.09 Å². The number of nitrogens with zero attached hydrogens (tertiary/aromatic N) is 1. The first-order valence-corrected chi connectivity index (χ1v) is 6.47. The quantitative estimate of drug-likeness (QED) is 0.763. The summed E-state index contributed by atoms with van der Waals surface area (Å²) in [7, 11) is 0. The molecule has 5 heteroatoms. The van der Waals surface area contributed by atoms with Crippen LogP contribution < -0.4 is 0 Å². The molecule has 0 saturated carbocycles. The molecule has 1 saturated heterocycles. The molecule has 5 nitrogen and oxygen atoms in total. The van der Waals surface area contributed by atoms with Crippen LogP contribution in [0, 0.1) is 0 Å². The third-order valence-corrected chi connectivity index (χ3v) is 3.66. The first-order valence-electron chi connectivity index (χ1n) is 6.47. The summed E-state index contributed by atoms with van der Waals surface area (Å²) in [6.45, 7) is 0.743. The number of amides is 1. The first-order chi connectivity index (χ1) is 9.11. The van der Waals surface area contributed by atoms with Crippen molar-refractivity contribution in [1.82, 2.24) is 4.90 Å². The molecular weight excluding hydrogens is 246 g/mol. The lowest BCUT2D eigenvalue weighted by Gasteiger charge is -2.34. The number of piperidine rings is 1. The van der Waals surface area contributed by atoms with E-state index in [9.17, 15) is 9.90 Å². The maximum absolute atomic E-state index is 10.9. The van der Waals surface area contributed by atoms with Crippen molar-refractivity contribution in [2.75, 3.05) is 19.7 Å². The van der Waals surface area contributed by atoms with E-state index < -0.39 is 12.2 Å². The summed E-state index contributed by atoms with van der Waals surface area (Å²) in [6, 6.07) is 7.80. The highest BCUT2D eigenvalue weighted by Crippen LogP contribution is 2.28. The van der Waals surface area contributed by atoms with Crippen molar-refractivity contribution in [3.8, 4) is 0 Å². The van der Waals surface area contributed by atoms with Crippen molar-refractivity contribution in [2.45, 2.75) is 24.9 Å². The molecule has 1 fully saturated rings. The molecule has 2 unspecified atom stereocenters. The maximum Gasteiger partial charge on any atom is 0.407 e. The minimum absolute atomic E-state index is 0.0150. The molecule has 0 bridgehead atoms. The predicted molar refractivity (Wildman–Crippen MR) is 70.2 cm³/mol. The molecule has 3 N–H and O–H groups in total. The number of aliphatic hydroxyl groups excluding tert-OH is 2. The monoisotopic (exact) mass is 265 g/mol. The van der Waals surface area contributed by atoms with Crippen LogP contribution in [-0.2, 0) is 6.42 Å². The highest BCUT2D eigenvalue weighted by atomic mass is 16.4. The molecule has 1 aromatic rings. The SMILES string of the molecule is O=C(O)N1CCC(c2ccc(CCO)cc2)C(O)C1. The largest absolute Gasteiger partial charge is 0.465 e. The molecule has 19 heavy (non-hydrogen) atoms.